The maximum absolute atomic E-state index is 14.1. The fourth-order valence-electron chi connectivity index (χ4n) is 2.60. The van der Waals surface area contributed by atoms with Crippen LogP contribution in [0.2, 0.25) is 0 Å². The van der Waals surface area contributed by atoms with Crippen molar-refractivity contribution in [3.8, 4) is 0 Å². The van der Waals surface area contributed by atoms with Crippen molar-refractivity contribution in [3.63, 3.8) is 0 Å². The molecule has 0 aliphatic rings. The number of hydrogen-bond acceptors (Lipinski definition) is 5. The number of nitrogens with two attached hydrogens (primary N) is 1. The average Bonchev–Trinajstić information content (AvgIpc) is 2.86. The van der Waals surface area contributed by atoms with E-state index in [0.29, 0.717) is 22.3 Å². The quantitative estimate of drug-likeness (QED) is 0.701. The van der Waals surface area contributed by atoms with Gasteiger partial charge < -0.3 is 15.8 Å². The molecule has 3 N–H and O–H groups in total. The van der Waals surface area contributed by atoms with Crippen molar-refractivity contribution in [2.75, 3.05) is 11.1 Å². The molecule has 2 aromatic carbocycles. The van der Waals surface area contributed by atoms with Gasteiger partial charge in [-0.3, -0.25) is 0 Å². The fourth-order valence-corrected chi connectivity index (χ4v) is 2.60. The molecule has 0 atom stereocenters. The third-order valence-electron chi connectivity index (χ3n) is 3.77. The summed E-state index contributed by atoms with van der Waals surface area (Å²) in [6, 6.07) is 10.0. The normalized spacial score (nSPS) is 11.6. The predicted molar refractivity (Wildman–Crippen MR) is 100 cm³/mol. The van der Waals surface area contributed by atoms with E-state index in [-0.39, 0.29) is 11.6 Å². The second-order valence-corrected chi connectivity index (χ2v) is 7.07. The number of nitrogen functional groups attached to an aromatic ring is 1. The average molecular weight is 356 g/mol. The number of aryl methyl sites for hydroxylation is 1. The van der Waals surface area contributed by atoms with E-state index in [1.807, 2.05) is 13.0 Å². The van der Waals surface area contributed by atoms with Gasteiger partial charge in [0.25, 0.3) is 0 Å². The molecule has 26 heavy (non-hydrogen) atoms. The Morgan fingerprint density at radius 3 is 2.65 bits per heavy atom. The molecule has 0 radical (unpaired) electrons. The van der Waals surface area contributed by atoms with Crippen LogP contribution in [0.25, 0.3) is 10.9 Å². The minimum Gasteiger partial charge on any atom is -0.442 e. The SMILES string of the molecule is Cc1cccc(F)c1Nc1ccc2c(N)nn(C(=O)OC(C)(C)C)c2c1. The number of rotatable bonds is 2. The number of anilines is 3. The second kappa shape index (κ2) is 6.33. The first kappa shape index (κ1) is 17.7. The molecule has 0 saturated carbocycles. The third kappa shape index (κ3) is 3.46. The summed E-state index contributed by atoms with van der Waals surface area (Å²) in [6.45, 7) is 7.13. The number of hydrogen-bond donors (Lipinski definition) is 2. The summed E-state index contributed by atoms with van der Waals surface area (Å²) in [5, 5.41) is 7.74. The van der Waals surface area contributed by atoms with Gasteiger partial charge in [-0.15, -0.1) is 5.10 Å². The molecule has 0 aliphatic heterocycles. The number of aromatic nitrogens is 2. The van der Waals surface area contributed by atoms with Gasteiger partial charge in [-0.2, -0.15) is 4.68 Å². The number of halogens is 1. The van der Waals surface area contributed by atoms with Crippen molar-refractivity contribution in [1.29, 1.82) is 0 Å². The molecule has 0 unspecified atom stereocenters. The molecular formula is C19H21FN4O2. The summed E-state index contributed by atoms with van der Waals surface area (Å²) in [7, 11) is 0. The topological polar surface area (TPSA) is 82.2 Å². The molecule has 0 bridgehead atoms. The lowest BCUT2D eigenvalue weighted by molar-refractivity contribution is 0.0523. The number of fused-ring (bicyclic) bond motifs is 1. The summed E-state index contributed by atoms with van der Waals surface area (Å²) in [4.78, 5) is 12.4. The Labute approximate surface area is 150 Å². The lowest BCUT2D eigenvalue weighted by atomic mass is 10.1. The largest absolute Gasteiger partial charge is 0.442 e. The van der Waals surface area contributed by atoms with E-state index in [1.54, 1.807) is 45.0 Å². The van der Waals surface area contributed by atoms with Crippen molar-refractivity contribution >= 4 is 34.2 Å². The zero-order chi connectivity index (χ0) is 19.1. The zero-order valence-electron chi connectivity index (χ0n) is 15.1. The number of benzene rings is 2. The van der Waals surface area contributed by atoms with Crippen molar-refractivity contribution < 1.29 is 13.9 Å². The minimum absolute atomic E-state index is 0.222. The number of nitrogens with one attached hydrogen (secondary N) is 1. The number of carbonyl (C=O) groups is 1. The smallest absolute Gasteiger partial charge is 0.435 e. The van der Waals surface area contributed by atoms with Crippen molar-refractivity contribution in [1.82, 2.24) is 9.78 Å². The summed E-state index contributed by atoms with van der Waals surface area (Å²) in [5.41, 5.74) is 7.48. The Morgan fingerprint density at radius 1 is 1.27 bits per heavy atom. The van der Waals surface area contributed by atoms with Crippen LogP contribution < -0.4 is 11.1 Å². The molecule has 0 saturated heterocycles. The van der Waals surface area contributed by atoms with Crippen LogP contribution in [0.4, 0.5) is 26.4 Å². The minimum atomic E-state index is -0.662. The van der Waals surface area contributed by atoms with Crippen LogP contribution in [-0.4, -0.2) is 21.5 Å². The Kier molecular flexibility index (Phi) is 4.31. The van der Waals surface area contributed by atoms with Gasteiger partial charge in [-0.05, 0) is 57.5 Å². The van der Waals surface area contributed by atoms with Crippen LogP contribution in [-0.2, 0) is 4.74 Å². The molecule has 3 rings (SSSR count). The zero-order valence-corrected chi connectivity index (χ0v) is 15.1. The molecule has 0 fully saturated rings. The number of nitrogens with zero attached hydrogens (tertiary/aromatic N) is 2. The van der Waals surface area contributed by atoms with Gasteiger partial charge >= 0.3 is 6.09 Å². The van der Waals surface area contributed by atoms with Crippen LogP contribution in [0.1, 0.15) is 26.3 Å². The van der Waals surface area contributed by atoms with Crippen LogP contribution in [0, 0.1) is 12.7 Å². The summed E-state index contributed by atoms with van der Waals surface area (Å²) in [5.74, 6) is -0.134. The van der Waals surface area contributed by atoms with Gasteiger partial charge in [-0.1, -0.05) is 12.1 Å². The molecule has 0 aliphatic carbocycles. The fraction of sp³-hybridized carbons (Fsp3) is 0.263. The van der Waals surface area contributed by atoms with Crippen LogP contribution in [0.15, 0.2) is 36.4 Å². The van der Waals surface area contributed by atoms with E-state index < -0.39 is 11.7 Å². The van der Waals surface area contributed by atoms with E-state index in [9.17, 15) is 9.18 Å². The maximum Gasteiger partial charge on any atom is 0.435 e. The summed E-state index contributed by atoms with van der Waals surface area (Å²) < 4.78 is 20.6. The van der Waals surface area contributed by atoms with Gasteiger partial charge in [0.05, 0.1) is 11.2 Å². The highest BCUT2D eigenvalue weighted by Crippen LogP contribution is 2.29. The highest BCUT2D eigenvalue weighted by Gasteiger charge is 2.21. The molecule has 1 heterocycles. The van der Waals surface area contributed by atoms with Crippen molar-refractivity contribution in [2.45, 2.75) is 33.3 Å². The Bertz CT molecular complexity index is 969. The second-order valence-electron chi connectivity index (χ2n) is 7.07. The van der Waals surface area contributed by atoms with Gasteiger partial charge in [0.1, 0.15) is 11.4 Å². The monoisotopic (exact) mass is 356 g/mol. The van der Waals surface area contributed by atoms with Gasteiger partial charge in [0.15, 0.2) is 5.82 Å². The molecule has 7 heteroatoms. The number of carbonyl (C=O) groups excluding carboxylic acids is 1. The highest BCUT2D eigenvalue weighted by atomic mass is 19.1. The molecule has 0 amide bonds. The van der Waals surface area contributed by atoms with E-state index in [4.69, 9.17) is 10.5 Å². The third-order valence-corrected chi connectivity index (χ3v) is 3.77. The molecular weight excluding hydrogens is 335 g/mol. The molecule has 136 valence electrons. The maximum atomic E-state index is 14.1. The summed E-state index contributed by atoms with van der Waals surface area (Å²) in [6.07, 6.45) is -0.626. The van der Waals surface area contributed by atoms with E-state index in [2.05, 4.69) is 10.4 Å². The first-order chi connectivity index (χ1) is 12.2. The highest BCUT2D eigenvalue weighted by molar-refractivity contribution is 5.96. The lowest BCUT2D eigenvalue weighted by Crippen LogP contribution is -2.27. The number of ether oxygens (including phenoxy) is 1. The van der Waals surface area contributed by atoms with E-state index in [1.165, 1.54) is 6.07 Å². The number of para-hydroxylation sites is 1. The Balaban J connectivity index is 2.02. The van der Waals surface area contributed by atoms with E-state index >= 15 is 0 Å². The molecule has 1 aromatic heterocycles. The van der Waals surface area contributed by atoms with Crippen LogP contribution >= 0.6 is 0 Å². The molecule has 0 spiro atoms. The molecule has 6 nitrogen and oxygen atoms in total. The Morgan fingerprint density at radius 2 is 2.00 bits per heavy atom. The van der Waals surface area contributed by atoms with Gasteiger partial charge in [-0.25, -0.2) is 9.18 Å². The van der Waals surface area contributed by atoms with Gasteiger partial charge in [0, 0.05) is 11.1 Å². The standard InChI is InChI=1S/C19H21FN4O2/c1-11-6-5-7-14(20)16(11)22-12-8-9-13-15(10-12)24(23-17(13)21)18(25)26-19(2,3)4/h5-10,22H,1-4H3,(H2,21,23). The molecule has 3 aromatic rings. The predicted octanol–water partition coefficient (Wildman–Crippen LogP) is 4.59. The first-order valence-corrected chi connectivity index (χ1v) is 8.19. The Hall–Kier alpha value is -3.09. The van der Waals surface area contributed by atoms with Crippen molar-refractivity contribution in [2.24, 2.45) is 0 Å². The van der Waals surface area contributed by atoms with Gasteiger partial charge in [0.2, 0.25) is 0 Å². The summed E-state index contributed by atoms with van der Waals surface area (Å²) >= 11 is 0. The first-order valence-electron chi connectivity index (χ1n) is 8.19. The van der Waals surface area contributed by atoms with E-state index in [0.717, 1.165) is 10.2 Å². The van der Waals surface area contributed by atoms with Crippen LogP contribution in [0.5, 0.6) is 0 Å². The lowest BCUT2D eigenvalue weighted by Gasteiger charge is -2.19. The van der Waals surface area contributed by atoms with Crippen LogP contribution in [0.3, 0.4) is 0 Å². The van der Waals surface area contributed by atoms with Crippen molar-refractivity contribution in [3.05, 3.63) is 47.8 Å².